The normalized spacial score (nSPS) is 11.9. The van der Waals surface area contributed by atoms with Crippen molar-refractivity contribution in [1.29, 1.82) is 0 Å². The van der Waals surface area contributed by atoms with Crippen LogP contribution in [0, 0.1) is 0 Å². The predicted molar refractivity (Wildman–Crippen MR) is 123 cm³/mol. The van der Waals surface area contributed by atoms with Crippen LogP contribution in [0.2, 0.25) is 0 Å². The van der Waals surface area contributed by atoms with Gasteiger partial charge in [0.15, 0.2) is 5.82 Å². The van der Waals surface area contributed by atoms with Crippen molar-refractivity contribution < 1.29 is 9.53 Å². The lowest BCUT2D eigenvalue weighted by atomic mass is 10.0. The van der Waals surface area contributed by atoms with Crippen LogP contribution < -0.4 is 15.9 Å². The first-order chi connectivity index (χ1) is 15.0. The number of rotatable bonds is 7. The third kappa shape index (κ3) is 4.64. The van der Waals surface area contributed by atoms with Crippen molar-refractivity contribution in [2.45, 2.75) is 18.1 Å². The molecule has 0 aliphatic heterocycles. The number of carbonyl (C=O) groups is 1. The molecule has 0 fully saturated rings. The Morgan fingerprint density at radius 3 is 2.58 bits per heavy atom. The van der Waals surface area contributed by atoms with Crippen molar-refractivity contribution in [2.75, 3.05) is 18.7 Å². The van der Waals surface area contributed by atoms with E-state index in [1.165, 1.54) is 21.8 Å². The summed E-state index contributed by atoms with van der Waals surface area (Å²) >= 11 is 1.25. The van der Waals surface area contributed by atoms with Crippen molar-refractivity contribution in [3.63, 3.8) is 0 Å². The van der Waals surface area contributed by atoms with E-state index in [0.29, 0.717) is 11.0 Å². The Kier molecular flexibility index (Phi) is 6.08. The van der Waals surface area contributed by atoms with Crippen molar-refractivity contribution in [1.82, 2.24) is 20.2 Å². The maximum atomic E-state index is 12.5. The summed E-state index contributed by atoms with van der Waals surface area (Å²) in [7, 11) is 1.61. The maximum Gasteiger partial charge on any atom is 0.230 e. The van der Waals surface area contributed by atoms with Gasteiger partial charge in [-0.15, -0.1) is 10.2 Å². The molecule has 3 N–H and O–H groups in total. The van der Waals surface area contributed by atoms with Crippen molar-refractivity contribution >= 4 is 28.4 Å². The zero-order valence-electron chi connectivity index (χ0n) is 17.3. The van der Waals surface area contributed by atoms with Gasteiger partial charge in [-0.25, -0.2) is 4.68 Å². The molecule has 1 atom stereocenters. The highest BCUT2D eigenvalue weighted by Gasteiger charge is 2.15. The Hall–Kier alpha value is -3.52. The third-order valence-electron chi connectivity index (χ3n) is 5.00. The van der Waals surface area contributed by atoms with Gasteiger partial charge in [-0.05, 0) is 53.6 Å². The largest absolute Gasteiger partial charge is 0.497 e. The van der Waals surface area contributed by atoms with E-state index < -0.39 is 0 Å². The zero-order chi connectivity index (χ0) is 21.8. The Morgan fingerprint density at radius 2 is 1.84 bits per heavy atom. The Bertz CT molecular complexity index is 1210. The molecule has 1 unspecified atom stereocenters. The molecule has 158 valence electrons. The molecule has 0 spiro atoms. The minimum Gasteiger partial charge on any atom is -0.497 e. The molecular formula is C23H23N5O2S. The molecule has 0 aliphatic rings. The average molecular weight is 434 g/mol. The van der Waals surface area contributed by atoms with E-state index in [2.05, 4.69) is 39.8 Å². The van der Waals surface area contributed by atoms with Crippen LogP contribution in [-0.4, -0.2) is 33.6 Å². The number of nitrogen functional groups attached to an aromatic ring is 1. The maximum absolute atomic E-state index is 12.5. The molecular weight excluding hydrogens is 410 g/mol. The Morgan fingerprint density at radius 1 is 1.10 bits per heavy atom. The van der Waals surface area contributed by atoms with Gasteiger partial charge in [-0.1, -0.05) is 48.2 Å². The Labute approximate surface area is 184 Å². The first-order valence-corrected chi connectivity index (χ1v) is 10.8. The van der Waals surface area contributed by atoms with Gasteiger partial charge in [0.05, 0.1) is 18.9 Å². The van der Waals surface area contributed by atoms with E-state index in [-0.39, 0.29) is 17.7 Å². The van der Waals surface area contributed by atoms with Crippen LogP contribution in [0.1, 0.15) is 18.5 Å². The number of aromatic nitrogens is 3. The highest BCUT2D eigenvalue weighted by molar-refractivity contribution is 7.99. The molecule has 4 rings (SSSR count). The summed E-state index contributed by atoms with van der Waals surface area (Å²) in [4.78, 5) is 12.5. The first-order valence-electron chi connectivity index (χ1n) is 9.81. The predicted octanol–water partition coefficient (Wildman–Crippen LogP) is 3.79. The highest BCUT2D eigenvalue weighted by atomic mass is 32.2. The topological polar surface area (TPSA) is 95.1 Å². The number of nitrogens with two attached hydrogens (primary N) is 1. The summed E-state index contributed by atoms with van der Waals surface area (Å²) in [6, 6.07) is 21.6. The number of nitrogens with one attached hydrogen (secondary N) is 1. The summed E-state index contributed by atoms with van der Waals surface area (Å²) in [5.41, 5.74) is 1.87. The summed E-state index contributed by atoms with van der Waals surface area (Å²) in [6.07, 6.45) is 0. The second-order valence-electron chi connectivity index (χ2n) is 7.09. The van der Waals surface area contributed by atoms with Gasteiger partial charge in [0.25, 0.3) is 0 Å². The van der Waals surface area contributed by atoms with Gasteiger partial charge in [-0.2, -0.15) is 0 Å². The van der Waals surface area contributed by atoms with E-state index in [0.717, 1.165) is 22.3 Å². The fraction of sp³-hybridized carbons (Fsp3) is 0.174. The zero-order valence-corrected chi connectivity index (χ0v) is 18.1. The van der Waals surface area contributed by atoms with Gasteiger partial charge in [0.2, 0.25) is 11.1 Å². The van der Waals surface area contributed by atoms with Crippen LogP contribution in [0.15, 0.2) is 71.9 Å². The van der Waals surface area contributed by atoms with Crippen LogP contribution in [0.4, 0.5) is 0 Å². The average Bonchev–Trinajstić information content (AvgIpc) is 3.17. The summed E-state index contributed by atoms with van der Waals surface area (Å²) < 4.78 is 6.56. The number of ether oxygens (including phenoxy) is 1. The Balaban J connectivity index is 1.37. The molecule has 4 aromatic rings. The smallest absolute Gasteiger partial charge is 0.230 e. The number of hydrogen-bond donors (Lipinski definition) is 2. The fourth-order valence-corrected chi connectivity index (χ4v) is 3.95. The van der Waals surface area contributed by atoms with Crippen molar-refractivity contribution in [3.8, 4) is 17.1 Å². The fourth-order valence-electron chi connectivity index (χ4n) is 3.29. The van der Waals surface area contributed by atoms with Gasteiger partial charge < -0.3 is 15.9 Å². The van der Waals surface area contributed by atoms with Gasteiger partial charge >= 0.3 is 0 Å². The van der Waals surface area contributed by atoms with E-state index >= 15 is 0 Å². The van der Waals surface area contributed by atoms with Crippen LogP contribution in [-0.2, 0) is 4.79 Å². The number of methoxy groups -OCH3 is 1. The number of benzene rings is 3. The van der Waals surface area contributed by atoms with Crippen LogP contribution in [0.5, 0.6) is 5.75 Å². The molecule has 0 aliphatic carbocycles. The number of amides is 1. The molecule has 8 heteroatoms. The van der Waals surface area contributed by atoms with E-state index in [1.54, 1.807) is 7.11 Å². The summed E-state index contributed by atoms with van der Waals surface area (Å²) in [5.74, 6) is 7.51. The SMILES string of the molecule is COc1ccc(-c2nnc(SCC(=O)NC(C)c3ccc4ccccc4c3)n2N)cc1. The molecule has 0 bridgehead atoms. The van der Waals surface area contributed by atoms with Crippen molar-refractivity contribution in [2.24, 2.45) is 0 Å². The second kappa shape index (κ2) is 9.09. The molecule has 7 nitrogen and oxygen atoms in total. The quantitative estimate of drug-likeness (QED) is 0.340. The molecule has 0 saturated heterocycles. The number of thioether (sulfide) groups is 1. The van der Waals surface area contributed by atoms with Crippen molar-refractivity contribution in [3.05, 3.63) is 72.3 Å². The molecule has 0 saturated carbocycles. The van der Waals surface area contributed by atoms with Gasteiger partial charge in [-0.3, -0.25) is 4.79 Å². The number of fused-ring (bicyclic) bond motifs is 1. The van der Waals surface area contributed by atoms with Crippen LogP contribution in [0.3, 0.4) is 0 Å². The highest BCUT2D eigenvalue weighted by Crippen LogP contribution is 2.24. The lowest BCUT2D eigenvalue weighted by Crippen LogP contribution is -2.28. The van der Waals surface area contributed by atoms with E-state index in [9.17, 15) is 4.79 Å². The molecule has 1 aromatic heterocycles. The van der Waals surface area contributed by atoms with Crippen LogP contribution >= 0.6 is 11.8 Å². The minimum absolute atomic E-state index is 0.0975. The number of nitrogens with zero attached hydrogens (tertiary/aromatic N) is 3. The lowest BCUT2D eigenvalue weighted by molar-refractivity contribution is -0.119. The first kappa shape index (κ1) is 20.7. The van der Waals surface area contributed by atoms with Gasteiger partial charge in [0, 0.05) is 5.56 Å². The summed E-state index contributed by atoms with van der Waals surface area (Å²) in [6.45, 7) is 1.97. The van der Waals surface area contributed by atoms with E-state index in [1.807, 2.05) is 49.4 Å². The van der Waals surface area contributed by atoms with E-state index in [4.69, 9.17) is 10.6 Å². The molecule has 31 heavy (non-hydrogen) atoms. The molecule has 1 amide bonds. The lowest BCUT2D eigenvalue weighted by Gasteiger charge is -2.15. The standard InChI is InChI=1S/C23H23N5O2S/c1-15(18-8-7-16-5-3-4-6-19(16)13-18)25-21(29)14-31-23-27-26-22(28(23)24)17-9-11-20(30-2)12-10-17/h3-13,15H,14,24H2,1-2H3,(H,25,29). The minimum atomic E-state index is -0.108. The number of hydrogen-bond acceptors (Lipinski definition) is 6. The molecule has 3 aromatic carbocycles. The third-order valence-corrected chi connectivity index (χ3v) is 5.94. The number of carbonyl (C=O) groups excluding carboxylic acids is 1. The monoisotopic (exact) mass is 433 g/mol. The van der Waals surface area contributed by atoms with Crippen LogP contribution in [0.25, 0.3) is 22.2 Å². The molecule has 1 heterocycles. The molecule has 0 radical (unpaired) electrons. The second-order valence-corrected chi connectivity index (χ2v) is 8.03. The van der Waals surface area contributed by atoms with Gasteiger partial charge in [0.1, 0.15) is 5.75 Å². The summed E-state index contributed by atoms with van der Waals surface area (Å²) in [5, 5.41) is 14.1.